The van der Waals surface area contributed by atoms with Crippen LogP contribution in [0.15, 0.2) is 60.7 Å². The Morgan fingerprint density at radius 3 is 1.56 bits per heavy atom. The van der Waals surface area contributed by atoms with Crippen molar-refractivity contribution in [3.63, 3.8) is 0 Å². The average Bonchev–Trinajstić information content (AvgIpc) is 2.60. The molecule has 0 aliphatic carbocycles. The average molecular weight is 371 g/mol. The van der Waals surface area contributed by atoms with Gasteiger partial charge in [-0.2, -0.15) is 13.2 Å². The number of hydrogen-bond acceptors (Lipinski definition) is 2. The van der Waals surface area contributed by atoms with Gasteiger partial charge in [0.25, 0.3) is 0 Å². The van der Waals surface area contributed by atoms with Gasteiger partial charge in [0.2, 0.25) is 0 Å². The lowest BCUT2D eigenvalue weighted by atomic mass is 9.85. The molecule has 0 unspecified atom stereocenters. The van der Waals surface area contributed by atoms with Crippen LogP contribution in [-0.4, -0.2) is 10.1 Å². The van der Waals surface area contributed by atoms with Crippen molar-refractivity contribution >= 4 is 0 Å². The molecule has 0 aliphatic heterocycles. The highest BCUT2D eigenvalue weighted by molar-refractivity contribution is 5.89. The Labute approximate surface area is 156 Å². The lowest BCUT2D eigenvalue weighted by Gasteiger charge is -2.26. The zero-order valence-electron chi connectivity index (χ0n) is 15.3. The van der Waals surface area contributed by atoms with E-state index >= 15 is 0 Å². The van der Waals surface area contributed by atoms with Gasteiger partial charge in [0.05, 0.1) is 5.69 Å². The fourth-order valence-corrected chi connectivity index (χ4v) is 3.08. The molecule has 3 aromatic rings. The number of hydrogen-bond donors (Lipinski definition) is 1. The third-order valence-corrected chi connectivity index (χ3v) is 4.28. The first-order valence-electron chi connectivity index (χ1n) is 8.56. The maximum atomic E-state index is 14.0. The summed E-state index contributed by atoms with van der Waals surface area (Å²) in [5, 5.41) is 11.0. The van der Waals surface area contributed by atoms with Crippen LogP contribution < -0.4 is 0 Å². The second-order valence-electron chi connectivity index (χ2n) is 7.39. The van der Waals surface area contributed by atoms with Crippen LogP contribution in [0.4, 0.5) is 13.2 Å². The van der Waals surface area contributed by atoms with E-state index in [0.29, 0.717) is 11.1 Å². The Morgan fingerprint density at radius 1 is 0.704 bits per heavy atom. The van der Waals surface area contributed by atoms with Crippen molar-refractivity contribution in [2.24, 2.45) is 0 Å². The summed E-state index contributed by atoms with van der Waals surface area (Å²) in [5.41, 5.74) is -0.834. The Kier molecular flexibility index (Phi) is 4.72. The van der Waals surface area contributed by atoms with E-state index in [0.717, 1.165) is 0 Å². The first kappa shape index (κ1) is 19.0. The number of alkyl halides is 3. The van der Waals surface area contributed by atoms with Crippen molar-refractivity contribution in [1.29, 1.82) is 0 Å². The first-order valence-corrected chi connectivity index (χ1v) is 8.56. The van der Waals surface area contributed by atoms with Crippen LogP contribution in [0.5, 0.6) is 5.75 Å². The molecule has 0 aliphatic rings. The Bertz CT molecular complexity index is 943. The fourth-order valence-electron chi connectivity index (χ4n) is 3.08. The van der Waals surface area contributed by atoms with E-state index in [1.165, 1.54) is 0 Å². The van der Waals surface area contributed by atoms with Crippen LogP contribution >= 0.6 is 0 Å². The van der Waals surface area contributed by atoms with E-state index < -0.39 is 17.3 Å². The molecule has 140 valence electrons. The van der Waals surface area contributed by atoms with E-state index in [4.69, 9.17) is 0 Å². The summed E-state index contributed by atoms with van der Waals surface area (Å²) < 4.78 is 42.0. The molecule has 3 rings (SSSR count). The summed E-state index contributed by atoms with van der Waals surface area (Å²) in [7, 11) is 0. The lowest BCUT2D eigenvalue weighted by Crippen LogP contribution is -2.20. The normalized spacial score (nSPS) is 12.2. The maximum absolute atomic E-state index is 14.0. The maximum Gasteiger partial charge on any atom is 0.433 e. The van der Waals surface area contributed by atoms with Gasteiger partial charge >= 0.3 is 6.18 Å². The van der Waals surface area contributed by atoms with E-state index in [9.17, 15) is 18.3 Å². The zero-order chi connectivity index (χ0) is 19.8. The minimum Gasteiger partial charge on any atom is -0.505 e. The van der Waals surface area contributed by atoms with Gasteiger partial charge in [0.15, 0.2) is 5.69 Å². The summed E-state index contributed by atoms with van der Waals surface area (Å²) >= 11 is 0. The minimum atomic E-state index is -4.66. The highest BCUT2D eigenvalue weighted by Gasteiger charge is 2.40. The smallest absolute Gasteiger partial charge is 0.433 e. The number of halogens is 3. The minimum absolute atomic E-state index is 0.0216. The largest absolute Gasteiger partial charge is 0.505 e. The van der Waals surface area contributed by atoms with Crippen LogP contribution in [-0.2, 0) is 11.6 Å². The molecule has 0 spiro atoms. The Hall–Kier alpha value is -2.82. The summed E-state index contributed by atoms with van der Waals surface area (Å²) in [6.07, 6.45) is -4.66. The van der Waals surface area contributed by atoms with Crippen LogP contribution in [0.3, 0.4) is 0 Å². The fraction of sp³-hybridized carbons (Fsp3) is 0.227. The number of aromatic nitrogens is 1. The van der Waals surface area contributed by atoms with Crippen LogP contribution in [0.2, 0.25) is 0 Å². The quantitative estimate of drug-likeness (QED) is 0.562. The topological polar surface area (TPSA) is 33.1 Å². The van der Waals surface area contributed by atoms with E-state index in [1.807, 2.05) is 0 Å². The van der Waals surface area contributed by atoms with Gasteiger partial charge in [-0.05, 0) is 11.1 Å². The van der Waals surface area contributed by atoms with E-state index in [-0.39, 0.29) is 22.6 Å². The molecule has 0 saturated carbocycles. The van der Waals surface area contributed by atoms with E-state index in [2.05, 4.69) is 4.98 Å². The second kappa shape index (κ2) is 6.72. The molecule has 5 heteroatoms. The van der Waals surface area contributed by atoms with Crippen LogP contribution in [0, 0.1) is 0 Å². The van der Waals surface area contributed by atoms with Gasteiger partial charge in [-0.3, -0.25) is 0 Å². The third kappa shape index (κ3) is 3.68. The van der Waals surface area contributed by atoms with E-state index in [1.54, 1.807) is 81.4 Å². The molecule has 1 heterocycles. The predicted molar refractivity (Wildman–Crippen MR) is 100 cm³/mol. The Morgan fingerprint density at radius 2 is 1.15 bits per heavy atom. The van der Waals surface area contributed by atoms with Crippen molar-refractivity contribution in [2.75, 3.05) is 0 Å². The highest BCUT2D eigenvalue weighted by atomic mass is 19.4. The summed E-state index contributed by atoms with van der Waals surface area (Å²) in [4.78, 5) is 3.90. The van der Waals surface area contributed by atoms with Gasteiger partial charge in [-0.1, -0.05) is 81.4 Å². The molecular formula is C22H20F3NO. The first-order chi connectivity index (χ1) is 12.6. The third-order valence-electron chi connectivity index (χ3n) is 4.28. The molecule has 2 aromatic carbocycles. The monoisotopic (exact) mass is 371 g/mol. The molecule has 2 nitrogen and oxygen atoms in total. The molecular weight excluding hydrogens is 351 g/mol. The molecule has 1 aromatic heterocycles. The molecule has 1 N–H and O–H groups in total. The number of pyridine rings is 1. The molecule has 0 bridgehead atoms. The number of nitrogens with zero attached hydrogens (tertiary/aromatic N) is 1. The van der Waals surface area contributed by atoms with Gasteiger partial charge in [0.1, 0.15) is 5.75 Å². The predicted octanol–water partition coefficient (Wildman–Crippen LogP) is 6.44. The molecule has 0 amide bonds. The van der Waals surface area contributed by atoms with Gasteiger partial charge in [-0.25, -0.2) is 4.98 Å². The zero-order valence-corrected chi connectivity index (χ0v) is 15.3. The molecule has 0 saturated heterocycles. The number of aromatic hydroxyl groups is 1. The van der Waals surface area contributed by atoms with Crippen LogP contribution in [0.1, 0.15) is 32.2 Å². The standard InChI is InChI=1S/C22H20F3NO/c1-21(2,3)20-18(27)16(14-10-6-4-7-11-14)17(15-12-8-5-9-13-15)19(26-20)22(23,24)25/h4-13,27H,1-3H3. The SMILES string of the molecule is CC(C)(C)c1nc(C(F)(F)F)c(-c2ccccc2)c(-c2ccccc2)c1O. The van der Waals surface area contributed by atoms with Crippen molar-refractivity contribution in [3.05, 3.63) is 72.1 Å². The second-order valence-corrected chi connectivity index (χ2v) is 7.39. The molecule has 0 atom stereocenters. The molecule has 27 heavy (non-hydrogen) atoms. The highest BCUT2D eigenvalue weighted by Crippen LogP contribution is 2.48. The van der Waals surface area contributed by atoms with Gasteiger partial charge in [-0.15, -0.1) is 0 Å². The number of benzene rings is 2. The summed E-state index contributed by atoms with van der Waals surface area (Å²) in [6, 6.07) is 16.9. The summed E-state index contributed by atoms with van der Waals surface area (Å²) in [5.74, 6) is -0.222. The number of rotatable bonds is 2. The molecule has 0 radical (unpaired) electrons. The van der Waals surface area contributed by atoms with Gasteiger partial charge in [0, 0.05) is 16.5 Å². The lowest BCUT2D eigenvalue weighted by molar-refractivity contribution is -0.140. The summed E-state index contributed by atoms with van der Waals surface area (Å²) in [6.45, 7) is 5.19. The molecule has 0 fully saturated rings. The Balaban J connectivity index is 2.52. The van der Waals surface area contributed by atoms with Crippen LogP contribution in [0.25, 0.3) is 22.3 Å². The van der Waals surface area contributed by atoms with Crippen molar-refractivity contribution < 1.29 is 18.3 Å². The van der Waals surface area contributed by atoms with Gasteiger partial charge < -0.3 is 5.11 Å². The van der Waals surface area contributed by atoms with Crippen molar-refractivity contribution in [1.82, 2.24) is 4.98 Å². The van der Waals surface area contributed by atoms with Crippen molar-refractivity contribution in [3.8, 4) is 28.0 Å². The van der Waals surface area contributed by atoms with Crippen molar-refractivity contribution in [2.45, 2.75) is 32.4 Å².